The van der Waals surface area contributed by atoms with Crippen molar-refractivity contribution in [1.82, 2.24) is 5.32 Å². The van der Waals surface area contributed by atoms with E-state index >= 15 is 0 Å². The number of ether oxygens (including phenoxy) is 2. The average Bonchev–Trinajstić information content (AvgIpc) is 2.89. The molecule has 0 saturated carbocycles. The lowest BCUT2D eigenvalue weighted by molar-refractivity contribution is -0.591. The molecule has 188 valence electrons. The van der Waals surface area contributed by atoms with Crippen LogP contribution in [0.4, 0.5) is 10.6 Å². The topological polar surface area (TPSA) is 132 Å². The first-order chi connectivity index (χ1) is 16.5. The lowest BCUT2D eigenvalue weighted by atomic mass is 9.94. The van der Waals surface area contributed by atoms with Gasteiger partial charge < -0.3 is 25.1 Å². The molecular weight excluding hydrogens is 454 g/mol. The first-order valence-corrected chi connectivity index (χ1v) is 11.5. The van der Waals surface area contributed by atoms with Gasteiger partial charge in [0.15, 0.2) is 6.23 Å². The second-order valence-corrected chi connectivity index (χ2v) is 9.33. The number of aromatic nitrogens is 1. The largest absolute Gasteiger partial charge is 0.711 e. The number of benzene rings is 1. The Hall–Kier alpha value is -3.66. The Kier molecular flexibility index (Phi) is 8.29. The molecule has 1 aliphatic rings. The van der Waals surface area contributed by atoms with E-state index in [9.17, 15) is 19.6 Å². The van der Waals surface area contributed by atoms with Gasteiger partial charge in [-0.25, -0.2) is 4.73 Å². The molecule has 1 aliphatic heterocycles. The first-order valence-electron chi connectivity index (χ1n) is 11.5. The summed E-state index contributed by atoms with van der Waals surface area (Å²) in [5.41, 5.74) is 0.863. The Balaban J connectivity index is 1.69. The van der Waals surface area contributed by atoms with Gasteiger partial charge in [0.2, 0.25) is 5.91 Å². The molecule has 10 heteroatoms. The van der Waals surface area contributed by atoms with E-state index in [2.05, 4.69) is 5.32 Å². The van der Waals surface area contributed by atoms with Crippen molar-refractivity contribution in [1.29, 1.82) is 0 Å². The number of nitrogens with zero attached hydrogens (tertiary/aromatic N) is 2. The molecule has 35 heavy (non-hydrogen) atoms. The Labute approximate surface area is 204 Å². The maximum absolute atomic E-state index is 12.8. The molecule has 0 radical (unpaired) electrons. The van der Waals surface area contributed by atoms with Gasteiger partial charge in [0.25, 0.3) is 5.82 Å². The SMILES string of the molecule is CC(C)(C)OC(=O)N(CCCOC1NC(=O)C(CC(=O)O)Cc2ccccc21)c1cccc[n+]1[O-]. The molecule has 0 fully saturated rings. The number of hydrogen-bond donors (Lipinski definition) is 2. The lowest BCUT2D eigenvalue weighted by Gasteiger charge is -2.24. The number of anilines is 1. The summed E-state index contributed by atoms with van der Waals surface area (Å²) in [6.07, 6.45) is 0.268. The first kappa shape index (κ1) is 26.0. The van der Waals surface area contributed by atoms with Crippen molar-refractivity contribution in [3.8, 4) is 0 Å². The van der Waals surface area contributed by atoms with Crippen LogP contribution in [0.2, 0.25) is 0 Å². The monoisotopic (exact) mass is 485 g/mol. The summed E-state index contributed by atoms with van der Waals surface area (Å²) < 4.78 is 12.0. The highest BCUT2D eigenvalue weighted by molar-refractivity contribution is 5.86. The van der Waals surface area contributed by atoms with Gasteiger partial charge in [0, 0.05) is 18.1 Å². The van der Waals surface area contributed by atoms with E-state index in [0.29, 0.717) is 17.6 Å². The number of aliphatic carboxylic acids is 1. The summed E-state index contributed by atoms with van der Waals surface area (Å²) >= 11 is 0. The molecule has 0 saturated heterocycles. The number of carboxylic acids is 1. The standard InChI is InChI=1S/C25H31N3O7/c1-25(2,3)35-24(32)27(20-11-6-7-13-28(20)33)12-8-14-34-23-19-10-5-4-9-17(19)15-18(16-21(29)30)22(31)26-23/h4-7,9-11,13,18,23H,8,12,14-16H2,1-3H3,(H,26,31)(H,29,30). The fourth-order valence-corrected chi connectivity index (χ4v) is 3.83. The highest BCUT2D eigenvalue weighted by Gasteiger charge is 2.33. The second kappa shape index (κ2) is 11.2. The van der Waals surface area contributed by atoms with Crippen molar-refractivity contribution in [3.63, 3.8) is 0 Å². The van der Waals surface area contributed by atoms with Crippen molar-refractivity contribution in [2.45, 2.75) is 51.9 Å². The zero-order valence-corrected chi connectivity index (χ0v) is 20.1. The van der Waals surface area contributed by atoms with Gasteiger partial charge >= 0.3 is 12.1 Å². The van der Waals surface area contributed by atoms with Crippen LogP contribution in [0.25, 0.3) is 0 Å². The van der Waals surface area contributed by atoms with E-state index in [1.54, 1.807) is 32.9 Å². The minimum absolute atomic E-state index is 0.131. The third-order valence-electron chi connectivity index (χ3n) is 5.37. The Morgan fingerprint density at radius 3 is 2.60 bits per heavy atom. The molecule has 2 unspecified atom stereocenters. The molecule has 1 aromatic heterocycles. The van der Waals surface area contributed by atoms with Crippen LogP contribution in [0.3, 0.4) is 0 Å². The number of amides is 2. The van der Waals surface area contributed by atoms with Crippen LogP contribution in [-0.2, 0) is 25.5 Å². The van der Waals surface area contributed by atoms with Crippen molar-refractivity contribution >= 4 is 23.8 Å². The fraction of sp³-hybridized carbons (Fsp3) is 0.440. The number of fused-ring (bicyclic) bond motifs is 1. The number of carbonyl (C=O) groups excluding carboxylic acids is 2. The maximum atomic E-state index is 12.8. The van der Waals surface area contributed by atoms with E-state index in [-0.39, 0.29) is 31.3 Å². The van der Waals surface area contributed by atoms with Crippen LogP contribution in [-0.4, -0.2) is 41.8 Å². The van der Waals surface area contributed by atoms with Crippen molar-refractivity contribution in [2.24, 2.45) is 5.92 Å². The molecule has 2 heterocycles. The molecular formula is C25H31N3O7. The highest BCUT2D eigenvalue weighted by atomic mass is 16.6. The number of carboxylic acid groups (broad SMARTS) is 1. The van der Waals surface area contributed by atoms with Crippen LogP contribution < -0.4 is 14.9 Å². The van der Waals surface area contributed by atoms with Crippen LogP contribution in [0.15, 0.2) is 48.7 Å². The van der Waals surface area contributed by atoms with E-state index in [4.69, 9.17) is 14.6 Å². The number of carbonyl (C=O) groups is 3. The van der Waals surface area contributed by atoms with Crippen molar-refractivity contribution < 1.29 is 33.7 Å². The number of pyridine rings is 1. The quantitative estimate of drug-likeness (QED) is 0.334. The lowest BCUT2D eigenvalue weighted by Crippen LogP contribution is -2.44. The maximum Gasteiger partial charge on any atom is 0.507 e. The van der Waals surface area contributed by atoms with Gasteiger partial charge in [0.05, 0.1) is 31.7 Å². The van der Waals surface area contributed by atoms with Crippen molar-refractivity contribution in [3.05, 3.63) is 65.0 Å². The predicted molar refractivity (Wildman–Crippen MR) is 126 cm³/mol. The summed E-state index contributed by atoms with van der Waals surface area (Å²) in [5.74, 6) is -2.00. The van der Waals surface area contributed by atoms with E-state index in [1.807, 2.05) is 24.3 Å². The van der Waals surface area contributed by atoms with Gasteiger partial charge in [-0.1, -0.05) is 30.3 Å². The number of nitrogens with one attached hydrogen (secondary N) is 1. The zero-order chi connectivity index (χ0) is 25.6. The number of rotatable bonds is 8. The van der Waals surface area contributed by atoms with E-state index < -0.39 is 29.8 Å². The smallest absolute Gasteiger partial charge is 0.507 e. The summed E-state index contributed by atoms with van der Waals surface area (Å²) in [4.78, 5) is 37.9. The third kappa shape index (κ3) is 7.16. The summed E-state index contributed by atoms with van der Waals surface area (Å²) in [7, 11) is 0. The van der Waals surface area contributed by atoms with Gasteiger partial charge in [-0.3, -0.25) is 9.59 Å². The summed E-state index contributed by atoms with van der Waals surface area (Å²) in [6.45, 7) is 5.53. The van der Waals surface area contributed by atoms with Crippen molar-refractivity contribution in [2.75, 3.05) is 18.1 Å². The van der Waals surface area contributed by atoms with Gasteiger partial charge in [-0.2, -0.15) is 9.69 Å². The Morgan fingerprint density at radius 1 is 1.20 bits per heavy atom. The Bertz CT molecular complexity index is 1070. The van der Waals surface area contributed by atoms with Crippen LogP contribution >= 0.6 is 0 Å². The molecule has 2 amide bonds. The van der Waals surface area contributed by atoms with Crippen LogP contribution in [0.5, 0.6) is 0 Å². The Morgan fingerprint density at radius 2 is 1.91 bits per heavy atom. The third-order valence-corrected chi connectivity index (χ3v) is 5.37. The minimum atomic E-state index is -1.04. The minimum Gasteiger partial charge on any atom is -0.711 e. The molecule has 0 bridgehead atoms. The highest BCUT2D eigenvalue weighted by Crippen LogP contribution is 2.27. The summed E-state index contributed by atoms with van der Waals surface area (Å²) in [5, 5.41) is 24.2. The average molecular weight is 486 g/mol. The van der Waals surface area contributed by atoms with E-state index in [0.717, 1.165) is 11.1 Å². The fourth-order valence-electron chi connectivity index (χ4n) is 3.83. The molecule has 2 aromatic rings. The molecule has 0 spiro atoms. The molecule has 3 rings (SSSR count). The zero-order valence-electron chi connectivity index (χ0n) is 20.1. The van der Waals surface area contributed by atoms with Crippen LogP contribution in [0.1, 0.15) is 51.0 Å². The van der Waals surface area contributed by atoms with Gasteiger partial charge in [-0.15, -0.1) is 0 Å². The molecule has 2 N–H and O–H groups in total. The molecule has 1 aromatic carbocycles. The molecule has 0 aliphatic carbocycles. The van der Waals surface area contributed by atoms with E-state index in [1.165, 1.54) is 17.2 Å². The number of hydrogen-bond acceptors (Lipinski definition) is 6. The van der Waals surface area contributed by atoms with Crippen LogP contribution in [0, 0.1) is 11.1 Å². The molecule has 10 nitrogen and oxygen atoms in total. The predicted octanol–water partition coefficient (Wildman–Crippen LogP) is 2.93. The molecule has 2 atom stereocenters. The van der Waals surface area contributed by atoms with Gasteiger partial charge in [0.1, 0.15) is 5.60 Å². The van der Waals surface area contributed by atoms with Gasteiger partial charge in [-0.05, 0) is 38.8 Å². The summed E-state index contributed by atoms with van der Waals surface area (Å²) in [6, 6.07) is 12.1. The second-order valence-electron chi connectivity index (χ2n) is 9.33. The normalized spacial score (nSPS) is 17.6.